The Kier molecular flexibility index (Phi) is 5.91. The molecule has 0 aliphatic carbocycles. The average Bonchev–Trinajstić information content (AvgIpc) is 2.31. The fourth-order valence-electron chi connectivity index (χ4n) is 1.37. The van der Waals surface area contributed by atoms with E-state index in [0.29, 0.717) is 15.1 Å². The standard InChI is InChI=1S/C11H13BrClNO3/c12-9-2-1-8(7-10(9)13)11(17)14(3-5-15)4-6-16/h1-2,7,15-16H,3-6H2. The van der Waals surface area contributed by atoms with Crippen molar-refractivity contribution >= 4 is 33.4 Å². The van der Waals surface area contributed by atoms with Gasteiger partial charge in [-0.1, -0.05) is 11.6 Å². The Balaban J connectivity index is 2.88. The lowest BCUT2D eigenvalue weighted by Gasteiger charge is -2.20. The van der Waals surface area contributed by atoms with Crippen molar-refractivity contribution in [1.29, 1.82) is 0 Å². The quantitative estimate of drug-likeness (QED) is 0.864. The number of hydrogen-bond donors (Lipinski definition) is 2. The maximum absolute atomic E-state index is 12.0. The van der Waals surface area contributed by atoms with Gasteiger partial charge in [-0.05, 0) is 34.1 Å². The van der Waals surface area contributed by atoms with E-state index in [1.807, 2.05) is 0 Å². The monoisotopic (exact) mass is 321 g/mol. The van der Waals surface area contributed by atoms with Gasteiger partial charge in [-0.2, -0.15) is 0 Å². The molecule has 1 rings (SSSR count). The zero-order chi connectivity index (χ0) is 12.8. The summed E-state index contributed by atoms with van der Waals surface area (Å²) >= 11 is 9.14. The lowest BCUT2D eigenvalue weighted by Crippen LogP contribution is -2.35. The second-order valence-corrected chi connectivity index (χ2v) is 4.63. The van der Waals surface area contributed by atoms with Crippen LogP contribution in [0.4, 0.5) is 0 Å². The first-order valence-electron chi connectivity index (χ1n) is 5.06. The minimum Gasteiger partial charge on any atom is -0.395 e. The maximum Gasteiger partial charge on any atom is 0.254 e. The number of rotatable bonds is 5. The number of nitrogens with zero attached hydrogens (tertiary/aromatic N) is 1. The molecule has 0 unspecified atom stereocenters. The molecular formula is C11H13BrClNO3. The van der Waals surface area contributed by atoms with Crippen LogP contribution in [0.2, 0.25) is 5.02 Å². The molecule has 6 heteroatoms. The second-order valence-electron chi connectivity index (χ2n) is 3.37. The SMILES string of the molecule is O=C(c1ccc(Br)c(Cl)c1)N(CCO)CCO. The first-order chi connectivity index (χ1) is 8.10. The molecule has 17 heavy (non-hydrogen) atoms. The Morgan fingerprint density at radius 2 is 1.88 bits per heavy atom. The predicted octanol–water partition coefficient (Wildman–Crippen LogP) is 1.53. The molecule has 1 aromatic carbocycles. The number of benzene rings is 1. The number of carbonyl (C=O) groups excluding carboxylic acids is 1. The van der Waals surface area contributed by atoms with Gasteiger partial charge in [0.15, 0.2) is 0 Å². The molecule has 1 aromatic rings. The van der Waals surface area contributed by atoms with Crippen molar-refractivity contribution in [2.24, 2.45) is 0 Å². The lowest BCUT2D eigenvalue weighted by molar-refractivity contribution is 0.0685. The number of amides is 1. The summed E-state index contributed by atoms with van der Waals surface area (Å²) in [6, 6.07) is 4.88. The van der Waals surface area contributed by atoms with Gasteiger partial charge in [0.2, 0.25) is 0 Å². The van der Waals surface area contributed by atoms with Crippen LogP contribution in [0.25, 0.3) is 0 Å². The summed E-state index contributed by atoms with van der Waals surface area (Å²) in [6.07, 6.45) is 0. The summed E-state index contributed by atoms with van der Waals surface area (Å²) in [5.74, 6) is -0.262. The van der Waals surface area contributed by atoms with Crippen LogP contribution in [0.3, 0.4) is 0 Å². The molecule has 0 heterocycles. The van der Waals surface area contributed by atoms with Crippen molar-refractivity contribution in [1.82, 2.24) is 4.90 Å². The highest BCUT2D eigenvalue weighted by Crippen LogP contribution is 2.23. The van der Waals surface area contributed by atoms with E-state index in [9.17, 15) is 4.79 Å². The number of carbonyl (C=O) groups is 1. The molecule has 0 atom stereocenters. The minimum atomic E-state index is -0.262. The van der Waals surface area contributed by atoms with Crippen molar-refractivity contribution in [2.75, 3.05) is 26.3 Å². The van der Waals surface area contributed by atoms with Crippen LogP contribution in [-0.2, 0) is 0 Å². The van der Waals surface area contributed by atoms with Crippen LogP contribution < -0.4 is 0 Å². The van der Waals surface area contributed by atoms with Crippen LogP contribution in [0.1, 0.15) is 10.4 Å². The van der Waals surface area contributed by atoms with E-state index >= 15 is 0 Å². The predicted molar refractivity (Wildman–Crippen MR) is 69.2 cm³/mol. The molecule has 0 aliphatic heterocycles. The molecule has 0 bridgehead atoms. The first-order valence-corrected chi connectivity index (χ1v) is 6.23. The van der Waals surface area contributed by atoms with Crippen molar-refractivity contribution < 1.29 is 15.0 Å². The van der Waals surface area contributed by atoms with Gasteiger partial charge in [-0.15, -0.1) is 0 Å². The average molecular weight is 323 g/mol. The van der Waals surface area contributed by atoms with E-state index in [0.717, 1.165) is 0 Å². The Bertz CT molecular complexity index is 394. The van der Waals surface area contributed by atoms with E-state index < -0.39 is 0 Å². The zero-order valence-electron chi connectivity index (χ0n) is 9.07. The van der Waals surface area contributed by atoms with Crippen LogP contribution in [0, 0.1) is 0 Å². The van der Waals surface area contributed by atoms with Crippen LogP contribution in [-0.4, -0.2) is 47.3 Å². The molecule has 0 fully saturated rings. The van der Waals surface area contributed by atoms with Gasteiger partial charge >= 0.3 is 0 Å². The van der Waals surface area contributed by atoms with Crippen LogP contribution in [0.5, 0.6) is 0 Å². The van der Waals surface area contributed by atoms with E-state index in [4.69, 9.17) is 21.8 Å². The summed E-state index contributed by atoms with van der Waals surface area (Å²) in [5.41, 5.74) is 0.431. The third-order valence-electron chi connectivity index (χ3n) is 2.19. The highest BCUT2D eigenvalue weighted by molar-refractivity contribution is 9.10. The highest BCUT2D eigenvalue weighted by Gasteiger charge is 2.15. The fourth-order valence-corrected chi connectivity index (χ4v) is 1.80. The molecule has 0 aromatic heterocycles. The van der Waals surface area contributed by atoms with Gasteiger partial charge in [0, 0.05) is 23.1 Å². The summed E-state index contributed by atoms with van der Waals surface area (Å²) < 4.78 is 0.714. The van der Waals surface area contributed by atoms with E-state index in [1.54, 1.807) is 18.2 Å². The van der Waals surface area contributed by atoms with Gasteiger partial charge in [-0.25, -0.2) is 0 Å². The zero-order valence-corrected chi connectivity index (χ0v) is 11.4. The molecular weight excluding hydrogens is 309 g/mol. The summed E-state index contributed by atoms with van der Waals surface area (Å²) in [7, 11) is 0. The Morgan fingerprint density at radius 3 is 2.35 bits per heavy atom. The molecule has 4 nitrogen and oxygen atoms in total. The maximum atomic E-state index is 12.0. The smallest absolute Gasteiger partial charge is 0.254 e. The normalized spacial score (nSPS) is 10.4. The van der Waals surface area contributed by atoms with Crippen LogP contribution in [0.15, 0.2) is 22.7 Å². The van der Waals surface area contributed by atoms with Gasteiger partial charge in [-0.3, -0.25) is 4.79 Å². The fraction of sp³-hybridized carbons (Fsp3) is 0.364. The Labute approximate surface area is 113 Å². The van der Waals surface area contributed by atoms with Gasteiger partial charge in [0.05, 0.1) is 18.2 Å². The third-order valence-corrected chi connectivity index (χ3v) is 3.43. The topological polar surface area (TPSA) is 60.8 Å². The molecule has 2 N–H and O–H groups in total. The molecule has 0 radical (unpaired) electrons. The van der Waals surface area contributed by atoms with Crippen molar-refractivity contribution in [3.63, 3.8) is 0 Å². The summed E-state index contributed by atoms with van der Waals surface area (Å²) in [5, 5.41) is 18.1. The van der Waals surface area contributed by atoms with E-state index in [-0.39, 0.29) is 32.2 Å². The molecule has 0 aliphatic rings. The number of aliphatic hydroxyl groups excluding tert-OH is 2. The van der Waals surface area contributed by atoms with E-state index in [1.165, 1.54) is 4.90 Å². The van der Waals surface area contributed by atoms with Gasteiger partial charge in [0.25, 0.3) is 5.91 Å². The summed E-state index contributed by atoms with van der Waals surface area (Å²) in [6.45, 7) is 0.0894. The Hall–Kier alpha value is -0.620. The van der Waals surface area contributed by atoms with E-state index in [2.05, 4.69) is 15.9 Å². The molecule has 1 amide bonds. The Morgan fingerprint density at radius 1 is 1.29 bits per heavy atom. The number of halogens is 2. The molecule has 0 saturated carbocycles. The highest BCUT2D eigenvalue weighted by atomic mass is 79.9. The van der Waals surface area contributed by atoms with Gasteiger partial charge < -0.3 is 15.1 Å². The first kappa shape index (κ1) is 14.4. The summed E-state index contributed by atoms with van der Waals surface area (Å²) in [4.78, 5) is 13.4. The molecule has 0 saturated heterocycles. The van der Waals surface area contributed by atoms with Crippen LogP contribution >= 0.6 is 27.5 Å². The largest absolute Gasteiger partial charge is 0.395 e. The number of hydrogen-bond acceptors (Lipinski definition) is 3. The van der Waals surface area contributed by atoms with Crippen molar-refractivity contribution in [3.05, 3.63) is 33.3 Å². The lowest BCUT2D eigenvalue weighted by atomic mass is 10.2. The third kappa shape index (κ3) is 3.96. The molecule has 94 valence electrons. The van der Waals surface area contributed by atoms with Crippen molar-refractivity contribution in [2.45, 2.75) is 0 Å². The number of aliphatic hydroxyl groups is 2. The molecule has 0 spiro atoms. The van der Waals surface area contributed by atoms with Crippen molar-refractivity contribution in [3.8, 4) is 0 Å². The second kappa shape index (κ2) is 6.96. The van der Waals surface area contributed by atoms with Gasteiger partial charge in [0.1, 0.15) is 0 Å². The minimum absolute atomic E-state index is 0.143.